The fourth-order valence-electron chi connectivity index (χ4n) is 2.23. The van der Waals surface area contributed by atoms with Gasteiger partial charge in [0.2, 0.25) is 5.88 Å². The van der Waals surface area contributed by atoms with Crippen LogP contribution in [0.3, 0.4) is 0 Å². The first-order valence-corrected chi connectivity index (χ1v) is 6.87. The fraction of sp³-hybridized carbons (Fsp3) is 0.438. The van der Waals surface area contributed by atoms with Crippen molar-refractivity contribution < 1.29 is 9.84 Å². The van der Waals surface area contributed by atoms with E-state index in [-0.39, 0.29) is 6.61 Å². The Kier molecular flexibility index (Phi) is 4.74. The molecule has 2 aromatic rings. The highest BCUT2D eigenvalue weighted by Gasteiger charge is 2.07. The minimum Gasteiger partial charge on any atom is -0.477 e. The van der Waals surface area contributed by atoms with Crippen molar-refractivity contribution >= 4 is 10.9 Å². The zero-order valence-electron chi connectivity index (χ0n) is 11.6. The molecule has 1 N–H and O–H groups in total. The molecule has 102 valence electrons. The summed E-state index contributed by atoms with van der Waals surface area (Å²) < 4.78 is 5.75. The van der Waals surface area contributed by atoms with E-state index in [4.69, 9.17) is 4.74 Å². The normalized spacial score (nSPS) is 12.6. The number of aliphatic hydroxyl groups excluding tert-OH is 1. The van der Waals surface area contributed by atoms with Crippen molar-refractivity contribution in [2.75, 3.05) is 6.61 Å². The monoisotopic (exact) mass is 259 g/mol. The van der Waals surface area contributed by atoms with Crippen molar-refractivity contribution in [3.8, 4) is 5.88 Å². The van der Waals surface area contributed by atoms with Gasteiger partial charge in [-0.3, -0.25) is 0 Å². The maximum Gasteiger partial charge on any atom is 0.214 e. The highest BCUT2D eigenvalue weighted by atomic mass is 16.5. The summed E-state index contributed by atoms with van der Waals surface area (Å²) in [5.41, 5.74) is 1.73. The van der Waals surface area contributed by atoms with Gasteiger partial charge in [-0.05, 0) is 24.0 Å². The number of aliphatic hydroxyl groups is 1. The van der Waals surface area contributed by atoms with Crippen molar-refractivity contribution in [2.45, 2.75) is 33.3 Å². The van der Waals surface area contributed by atoms with Gasteiger partial charge < -0.3 is 9.84 Å². The first-order valence-electron chi connectivity index (χ1n) is 6.87. The first kappa shape index (κ1) is 13.8. The molecule has 0 spiro atoms. The molecule has 19 heavy (non-hydrogen) atoms. The predicted octanol–water partition coefficient (Wildman–Crippen LogP) is 3.54. The second-order valence-electron chi connectivity index (χ2n) is 5.00. The van der Waals surface area contributed by atoms with E-state index in [1.54, 1.807) is 0 Å². The number of ether oxygens (including phenoxy) is 1. The third-order valence-corrected chi connectivity index (χ3v) is 3.25. The third kappa shape index (κ3) is 3.44. The zero-order chi connectivity index (χ0) is 13.7. The molecule has 0 radical (unpaired) electrons. The number of pyridine rings is 1. The van der Waals surface area contributed by atoms with Gasteiger partial charge in [-0.2, -0.15) is 0 Å². The zero-order valence-corrected chi connectivity index (χ0v) is 11.6. The van der Waals surface area contributed by atoms with Crippen molar-refractivity contribution in [1.82, 2.24) is 4.98 Å². The molecule has 1 atom stereocenters. The number of nitrogens with zero attached hydrogens (tertiary/aromatic N) is 1. The summed E-state index contributed by atoms with van der Waals surface area (Å²) in [6.45, 7) is 5.03. The van der Waals surface area contributed by atoms with E-state index in [1.165, 1.54) is 0 Å². The molecule has 1 aromatic heterocycles. The lowest BCUT2D eigenvalue weighted by atomic mass is 10.1. The van der Waals surface area contributed by atoms with Crippen LogP contribution in [0.5, 0.6) is 5.88 Å². The van der Waals surface area contributed by atoms with Crippen LogP contribution in [0, 0.1) is 5.92 Å². The molecule has 1 aromatic carbocycles. The highest BCUT2D eigenvalue weighted by Crippen LogP contribution is 2.22. The Morgan fingerprint density at radius 2 is 2.11 bits per heavy atom. The molecule has 0 fully saturated rings. The quantitative estimate of drug-likeness (QED) is 0.862. The Hall–Kier alpha value is -1.61. The molecule has 0 aliphatic rings. The molecule has 0 aliphatic carbocycles. The number of hydrogen-bond donors (Lipinski definition) is 1. The number of fused-ring (bicyclic) bond motifs is 1. The average Bonchev–Trinajstić information content (AvgIpc) is 2.44. The average molecular weight is 259 g/mol. The molecular weight excluding hydrogens is 238 g/mol. The maximum atomic E-state index is 9.44. The number of hydrogen-bond acceptors (Lipinski definition) is 3. The number of para-hydroxylation sites is 1. The Morgan fingerprint density at radius 3 is 2.84 bits per heavy atom. The molecular formula is C16H21NO2. The molecule has 0 amide bonds. The Morgan fingerprint density at radius 1 is 1.32 bits per heavy atom. The van der Waals surface area contributed by atoms with E-state index >= 15 is 0 Å². The fourth-order valence-corrected chi connectivity index (χ4v) is 2.23. The smallest absolute Gasteiger partial charge is 0.214 e. The standard InChI is InChI=1S/C16H21NO2/c1-3-6-12(2)11-19-16-9-13(10-18)14-7-4-5-8-15(14)17-16/h4-5,7-9,12,18H,3,6,10-11H2,1-2H3. The summed E-state index contributed by atoms with van der Waals surface area (Å²) in [7, 11) is 0. The minimum atomic E-state index is 0.00388. The van der Waals surface area contributed by atoms with Gasteiger partial charge in [0, 0.05) is 11.5 Å². The van der Waals surface area contributed by atoms with Crippen LogP contribution in [-0.4, -0.2) is 16.7 Å². The Labute approximate surface area is 114 Å². The minimum absolute atomic E-state index is 0.00388. The van der Waals surface area contributed by atoms with Crippen LogP contribution in [0.1, 0.15) is 32.3 Å². The van der Waals surface area contributed by atoms with Gasteiger partial charge in [-0.1, -0.05) is 38.5 Å². The molecule has 0 saturated carbocycles. The Bertz CT molecular complexity index is 539. The lowest BCUT2D eigenvalue weighted by molar-refractivity contribution is 0.242. The van der Waals surface area contributed by atoms with Gasteiger partial charge in [0.25, 0.3) is 0 Å². The van der Waals surface area contributed by atoms with Crippen LogP contribution < -0.4 is 4.74 Å². The predicted molar refractivity (Wildman–Crippen MR) is 77.2 cm³/mol. The summed E-state index contributed by atoms with van der Waals surface area (Å²) in [4.78, 5) is 4.48. The second-order valence-corrected chi connectivity index (χ2v) is 5.00. The van der Waals surface area contributed by atoms with Gasteiger partial charge >= 0.3 is 0 Å². The number of rotatable bonds is 6. The highest BCUT2D eigenvalue weighted by molar-refractivity contribution is 5.82. The van der Waals surface area contributed by atoms with E-state index in [0.29, 0.717) is 18.4 Å². The summed E-state index contributed by atoms with van der Waals surface area (Å²) in [5, 5.41) is 10.4. The van der Waals surface area contributed by atoms with Crippen LogP contribution in [0.25, 0.3) is 10.9 Å². The summed E-state index contributed by atoms with van der Waals surface area (Å²) in [6.07, 6.45) is 2.32. The van der Waals surface area contributed by atoms with Gasteiger partial charge in [-0.15, -0.1) is 0 Å². The summed E-state index contributed by atoms with van der Waals surface area (Å²) >= 11 is 0. The third-order valence-electron chi connectivity index (χ3n) is 3.25. The molecule has 0 saturated heterocycles. The molecule has 0 aliphatic heterocycles. The lowest BCUT2D eigenvalue weighted by Gasteiger charge is -2.13. The maximum absolute atomic E-state index is 9.44. The van der Waals surface area contributed by atoms with E-state index in [1.807, 2.05) is 30.3 Å². The van der Waals surface area contributed by atoms with Crippen molar-refractivity contribution in [3.63, 3.8) is 0 Å². The van der Waals surface area contributed by atoms with Crippen molar-refractivity contribution in [2.24, 2.45) is 5.92 Å². The number of aromatic nitrogens is 1. The second kappa shape index (κ2) is 6.53. The molecule has 2 rings (SSSR count). The van der Waals surface area contributed by atoms with E-state index < -0.39 is 0 Å². The SMILES string of the molecule is CCCC(C)COc1cc(CO)c2ccccc2n1. The van der Waals surface area contributed by atoms with Gasteiger partial charge in [0.1, 0.15) is 0 Å². The van der Waals surface area contributed by atoms with Gasteiger partial charge in [0.05, 0.1) is 18.7 Å². The van der Waals surface area contributed by atoms with Crippen LogP contribution >= 0.6 is 0 Å². The molecule has 3 nitrogen and oxygen atoms in total. The molecule has 1 unspecified atom stereocenters. The van der Waals surface area contributed by atoms with Crippen LogP contribution in [0.4, 0.5) is 0 Å². The van der Waals surface area contributed by atoms with E-state index in [9.17, 15) is 5.11 Å². The van der Waals surface area contributed by atoms with Crippen LogP contribution in [-0.2, 0) is 6.61 Å². The van der Waals surface area contributed by atoms with Crippen molar-refractivity contribution in [3.05, 3.63) is 35.9 Å². The lowest BCUT2D eigenvalue weighted by Crippen LogP contribution is -2.09. The topological polar surface area (TPSA) is 42.4 Å². The molecule has 3 heteroatoms. The summed E-state index contributed by atoms with van der Waals surface area (Å²) in [6, 6.07) is 9.64. The van der Waals surface area contributed by atoms with Gasteiger partial charge in [-0.25, -0.2) is 4.98 Å². The van der Waals surface area contributed by atoms with Gasteiger partial charge in [0.15, 0.2) is 0 Å². The van der Waals surface area contributed by atoms with E-state index in [0.717, 1.165) is 29.3 Å². The van der Waals surface area contributed by atoms with Crippen LogP contribution in [0.2, 0.25) is 0 Å². The molecule has 1 heterocycles. The Balaban J connectivity index is 2.19. The molecule has 0 bridgehead atoms. The first-order chi connectivity index (χ1) is 9.24. The largest absolute Gasteiger partial charge is 0.477 e. The van der Waals surface area contributed by atoms with Crippen LogP contribution in [0.15, 0.2) is 30.3 Å². The summed E-state index contributed by atoms with van der Waals surface area (Å²) in [5.74, 6) is 1.13. The van der Waals surface area contributed by atoms with E-state index in [2.05, 4.69) is 18.8 Å². The number of benzene rings is 1. The van der Waals surface area contributed by atoms with Crippen molar-refractivity contribution in [1.29, 1.82) is 0 Å².